The highest BCUT2D eigenvalue weighted by atomic mass is 16.7. The Morgan fingerprint density at radius 1 is 1.07 bits per heavy atom. The van der Waals surface area contributed by atoms with Crippen LogP contribution in [0.5, 0.6) is 0 Å². The van der Waals surface area contributed by atoms with Crippen molar-refractivity contribution in [1.82, 2.24) is 35.1 Å². The molecule has 326 valence electrons. The second kappa shape index (κ2) is 19.2. The fourth-order valence-corrected chi connectivity index (χ4v) is 9.25. The number of fused-ring (bicyclic) bond motifs is 1. The van der Waals surface area contributed by atoms with E-state index in [0.29, 0.717) is 51.0 Å². The highest BCUT2D eigenvalue weighted by Crippen LogP contribution is 2.40. The summed E-state index contributed by atoms with van der Waals surface area (Å²) in [5.74, 6) is -3.15. The Labute approximate surface area is 345 Å². The minimum atomic E-state index is -1.23. The fourth-order valence-electron chi connectivity index (χ4n) is 9.25. The standard InChI is InChI=1S/C42H67N7O9.H2/c1-12-33-42(8)36(49(40(53)58-42)20-16-15-19-48-24-31(45-46-48)30-17-13-14-18-43-30)29(6)44-23-25(2)22-41(7,54-11)37(27(4)34(50)28(5)38(52)56-33)57-39-35(51)32(47(9)10)21-26(3)55-39;/h13-14,17-18,24-29,32-33,35-37,39,44,51H,12,15-16,19-23H2,1-11H3;1H/t25-,26-,27+,28-,29-,32?,33-,35?,36-,37-,39+,41-,42-;/m1./s1. The molecule has 2 aromatic heterocycles. The summed E-state index contributed by atoms with van der Waals surface area (Å²) in [7, 11) is 5.39. The molecule has 0 aliphatic carbocycles. The number of cyclic esters (lactones) is 1. The number of esters is 1. The van der Waals surface area contributed by atoms with E-state index >= 15 is 0 Å². The Morgan fingerprint density at radius 3 is 2.45 bits per heavy atom. The summed E-state index contributed by atoms with van der Waals surface area (Å²) in [5, 5.41) is 23.6. The van der Waals surface area contributed by atoms with E-state index in [1.54, 1.807) is 29.8 Å². The molecule has 16 heteroatoms. The summed E-state index contributed by atoms with van der Waals surface area (Å²) in [6.07, 6.45) is 1.92. The molecule has 3 aliphatic rings. The summed E-state index contributed by atoms with van der Waals surface area (Å²) in [5.41, 5.74) is -0.833. The Morgan fingerprint density at radius 2 is 1.79 bits per heavy atom. The number of aliphatic hydroxyl groups excluding tert-OH is 1. The Kier molecular flexibility index (Phi) is 15.1. The van der Waals surface area contributed by atoms with Crippen LogP contribution in [-0.4, -0.2) is 147 Å². The lowest BCUT2D eigenvalue weighted by atomic mass is 9.78. The van der Waals surface area contributed by atoms with Crippen LogP contribution in [-0.2, 0) is 39.8 Å². The van der Waals surface area contributed by atoms with E-state index in [2.05, 4.69) is 27.5 Å². The van der Waals surface area contributed by atoms with Gasteiger partial charge in [0.15, 0.2) is 17.7 Å². The van der Waals surface area contributed by atoms with Gasteiger partial charge in [-0.25, -0.2) is 4.79 Å². The average Bonchev–Trinajstić information content (AvgIpc) is 3.77. The number of ether oxygens (including phenoxy) is 5. The number of unbranched alkanes of at least 4 members (excludes halogenated alkanes) is 1. The van der Waals surface area contributed by atoms with Crippen molar-refractivity contribution in [3.63, 3.8) is 0 Å². The number of likely N-dealkylation sites (N-methyl/N-ethyl adjacent to an activating group) is 1. The van der Waals surface area contributed by atoms with Crippen molar-refractivity contribution < 1.29 is 44.6 Å². The topological polar surface area (TPSA) is 180 Å². The summed E-state index contributed by atoms with van der Waals surface area (Å²) < 4.78 is 33.3. The molecule has 3 saturated heterocycles. The van der Waals surface area contributed by atoms with E-state index in [-0.39, 0.29) is 25.5 Å². The van der Waals surface area contributed by atoms with Gasteiger partial charge in [-0.2, -0.15) is 0 Å². The first-order chi connectivity index (χ1) is 27.4. The molecule has 3 aliphatic heterocycles. The average molecular weight is 816 g/mol. The molecule has 0 spiro atoms. The molecule has 0 saturated carbocycles. The van der Waals surface area contributed by atoms with Crippen LogP contribution < -0.4 is 5.32 Å². The number of Topliss-reactive ketones (excluding diaryl/α,β-unsaturated/α-hetero) is 1. The number of ketones is 1. The molecule has 2 N–H and O–H groups in total. The van der Waals surface area contributed by atoms with Crippen molar-refractivity contribution in [1.29, 1.82) is 0 Å². The van der Waals surface area contributed by atoms with Gasteiger partial charge < -0.3 is 39.0 Å². The number of pyridine rings is 1. The van der Waals surface area contributed by atoms with Gasteiger partial charge in [0.1, 0.15) is 23.8 Å². The van der Waals surface area contributed by atoms with Crippen LogP contribution in [0.15, 0.2) is 30.6 Å². The van der Waals surface area contributed by atoms with E-state index in [9.17, 15) is 19.5 Å². The molecule has 1 amide bonds. The zero-order valence-corrected chi connectivity index (χ0v) is 36.3. The maximum absolute atomic E-state index is 14.4. The number of aryl methyl sites for hydroxylation is 1. The molecule has 5 rings (SSSR count). The quantitative estimate of drug-likeness (QED) is 0.186. The first-order valence-corrected chi connectivity index (χ1v) is 20.9. The van der Waals surface area contributed by atoms with Gasteiger partial charge in [0, 0.05) is 45.8 Å². The van der Waals surface area contributed by atoms with Crippen LogP contribution in [0, 0.1) is 17.8 Å². The number of rotatable bonds is 11. The first kappa shape index (κ1) is 45.5. The van der Waals surface area contributed by atoms with E-state index in [1.807, 2.05) is 78.0 Å². The third kappa shape index (κ3) is 9.90. The van der Waals surface area contributed by atoms with Gasteiger partial charge in [-0.1, -0.05) is 32.1 Å². The van der Waals surface area contributed by atoms with Gasteiger partial charge in [0.05, 0.1) is 35.7 Å². The number of aliphatic hydroxyl groups is 1. The molecule has 3 fully saturated rings. The molecular weight excluding hydrogens is 747 g/mol. The minimum Gasteiger partial charge on any atom is -0.458 e. The van der Waals surface area contributed by atoms with Gasteiger partial charge in [0.25, 0.3) is 0 Å². The molecule has 0 bridgehead atoms. The smallest absolute Gasteiger partial charge is 0.410 e. The van der Waals surface area contributed by atoms with Crippen molar-refractivity contribution in [2.24, 2.45) is 17.8 Å². The van der Waals surface area contributed by atoms with Crippen LogP contribution in [0.2, 0.25) is 0 Å². The van der Waals surface area contributed by atoms with E-state index in [1.165, 1.54) is 6.92 Å². The predicted octanol–water partition coefficient (Wildman–Crippen LogP) is 4.34. The van der Waals surface area contributed by atoms with E-state index in [4.69, 9.17) is 23.7 Å². The number of nitrogens with zero attached hydrogens (tertiary/aromatic N) is 6. The highest BCUT2D eigenvalue weighted by Gasteiger charge is 2.58. The lowest BCUT2D eigenvalue weighted by Gasteiger charge is -2.46. The van der Waals surface area contributed by atoms with Crippen LogP contribution in [0.3, 0.4) is 0 Å². The number of nitrogens with one attached hydrogen (secondary N) is 1. The van der Waals surface area contributed by atoms with Crippen molar-refractivity contribution in [2.75, 3.05) is 34.3 Å². The summed E-state index contributed by atoms with van der Waals surface area (Å²) in [6.45, 7) is 16.4. The Hall–Kier alpha value is -3.54. The van der Waals surface area contributed by atoms with Crippen LogP contribution in [0.4, 0.5) is 4.79 Å². The zero-order chi connectivity index (χ0) is 42.5. The third-order valence-electron chi connectivity index (χ3n) is 12.6. The molecule has 58 heavy (non-hydrogen) atoms. The third-order valence-corrected chi connectivity index (χ3v) is 12.6. The van der Waals surface area contributed by atoms with E-state index in [0.717, 1.165) is 12.1 Å². The summed E-state index contributed by atoms with van der Waals surface area (Å²) in [4.78, 5) is 50.2. The van der Waals surface area contributed by atoms with Gasteiger partial charge in [-0.3, -0.25) is 24.2 Å². The number of hydrogen-bond donors (Lipinski definition) is 2. The second-order valence-electron chi connectivity index (χ2n) is 17.4. The van der Waals surface area contributed by atoms with Gasteiger partial charge >= 0.3 is 12.1 Å². The zero-order valence-electron chi connectivity index (χ0n) is 36.3. The number of hydrogen-bond acceptors (Lipinski definition) is 14. The van der Waals surface area contributed by atoms with Gasteiger partial charge in [0.2, 0.25) is 0 Å². The lowest BCUT2D eigenvalue weighted by Crippen LogP contribution is -2.61. The lowest BCUT2D eigenvalue weighted by molar-refractivity contribution is -0.295. The van der Waals surface area contributed by atoms with Crippen molar-refractivity contribution >= 4 is 17.8 Å². The predicted molar refractivity (Wildman–Crippen MR) is 217 cm³/mol. The molecule has 2 aromatic rings. The Bertz CT molecular complexity index is 1690. The molecule has 0 aromatic carbocycles. The number of carbonyl (C=O) groups excluding carboxylic acids is 3. The van der Waals surface area contributed by atoms with E-state index < -0.39 is 71.5 Å². The molecule has 2 unspecified atom stereocenters. The number of aromatic nitrogens is 4. The Balaban J connectivity index is 0.00000769. The van der Waals surface area contributed by atoms with Crippen LogP contribution in [0.1, 0.15) is 88.9 Å². The molecular formula is C42H69N7O9. The largest absolute Gasteiger partial charge is 0.458 e. The SMILES string of the molecule is CC[C@H]1OC(=O)[C@H](C)C(=O)[C@H](C)[C@@H](O[C@@H]2O[C@H](C)CC(N(C)C)C2O)[C@](C)(OC)C[C@@H](C)CN[C@H](C)[C@H]2N(CCCCn3cc(-c4ccccn4)nn3)C(=O)O[C@]12C.[HH]. The number of amides is 1. The molecule has 5 heterocycles. The number of methoxy groups -OCH3 is 1. The van der Waals surface area contributed by atoms with Crippen molar-refractivity contribution in [3.05, 3.63) is 30.6 Å². The number of carbonyl (C=O) groups is 3. The van der Waals surface area contributed by atoms with Crippen LogP contribution >= 0.6 is 0 Å². The normalized spacial score (nSPS) is 36.9. The maximum atomic E-state index is 14.4. The van der Waals surface area contributed by atoms with Crippen molar-refractivity contribution in [2.45, 2.75) is 154 Å². The second-order valence-corrected chi connectivity index (χ2v) is 17.4. The summed E-state index contributed by atoms with van der Waals surface area (Å²) in [6, 6.07) is 4.61. The first-order valence-electron chi connectivity index (χ1n) is 20.9. The van der Waals surface area contributed by atoms with Gasteiger partial charge in [-0.15, -0.1) is 5.10 Å². The molecule has 16 nitrogen and oxygen atoms in total. The minimum absolute atomic E-state index is 0. The highest BCUT2D eigenvalue weighted by molar-refractivity contribution is 6.00. The maximum Gasteiger partial charge on any atom is 0.410 e. The fraction of sp³-hybridized carbons (Fsp3) is 0.762. The van der Waals surface area contributed by atoms with Gasteiger partial charge in [-0.05, 0) is 105 Å². The summed E-state index contributed by atoms with van der Waals surface area (Å²) >= 11 is 0. The van der Waals surface area contributed by atoms with Crippen LogP contribution in [0.25, 0.3) is 11.4 Å². The van der Waals surface area contributed by atoms with Crippen molar-refractivity contribution in [3.8, 4) is 11.4 Å². The monoisotopic (exact) mass is 816 g/mol. The molecule has 13 atom stereocenters. The molecule has 0 radical (unpaired) electrons.